The third-order valence-corrected chi connectivity index (χ3v) is 3.87. The number of amides is 1. The van der Waals surface area contributed by atoms with E-state index in [1.54, 1.807) is 6.92 Å². The minimum absolute atomic E-state index is 0.207. The summed E-state index contributed by atoms with van der Waals surface area (Å²) in [6, 6.07) is 6.69. The molecule has 0 N–H and O–H groups in total. The fraction of sp³-hybridized carbons (Fsp3) is 0.533. The molecule has 1 saturated heterocycles. The average Bonchev–Trinajstić information content (AvgIpc) is 2.33. The molecule has 2 rings (SSSR count). The fourth-order valence-electron chi connectivity index (χ4n) is 2.55. The highest BCUT2D eigenvalue weighted by Gasteiger charge is 2.22. The summed E-state index contributed by atoms with van der Waals surface area (Å²) in [6.45, 7) is 7.78. The molecule has 1 aromatic carbocycles. The molecule has 0 bridgehead atoms. The van der Waals surface area contributed by atoms with Crippen LogP contribution in [-0.2, 0) is 4.79 Å². The van der Waals surface area contributed by atoms with E-state index in [1.165, 1.54) is 23.1 Å². The van der Waals surface area contributed by atoms with Crippen LogP contribution in [0.5, 0.6) is 0 Å². The number of carbonyl (C=O) groups is 1. The van der Waals surface area contributed by atoms with E-state index >= 15 is 0 Å². The first-order chi connectivity index (χ1) is 8.08. The number of carbonyl (C=O) groups excluding carboxylic acids is 1. The van der Waals surface area contributed by atoms with Gasteiger partial charge in [0.2, 0.25) is 5.91 Å². The van der Waals surface area contributed by atoms with E-state index in [2.05, 4.69) is 32.0 Å². The van der Waals surface area contributed by atoms with Gasteiger partial charge in [0, 0.05) is 25.9 Å². The van der Waals surface area contributed by atoms with Crippen molar-refractivity contribution in [1.29, 1.82) is 0 Å². The van der Waals surface area contributed by atoms with Gasteiger partial charge >= 0.3 is 0 Å². The van der Waals surface area contributed by atoms with Gasteiger partial charge in [0.05, 0.1) is 0 Å². The zero-order valence-electron chi connectivity index (χ0n) is 11.0. The molecule has 1 aliphatic heterocycles. The van der Waals surface area contributed by atoms with Crippen LogP contribution < -0.4 is 0 Å². The second-order valence-electron chi connectivity index (χ2n) is 5.15. The van der Waals surface area contributed by atoms with Crippen LogP contribution in [0.1, 0.15) is 42.4 Å². The molecule has 0 spiro atoms. The lowest BCUT2D eigenvalue weighted by Crippen LogP contribution is -2.37. The number of nitrogens with zero attached hydrogens (tertiary/aromatic N) is 1. The molecule has 0 aromatic heterocycles. The van der Waals surface area contributed by atoms with Gasteiger partial charge in [-0.05, 0) is 43.4 Å². The highest BCUT2D eigenvalue weighted by Crippen LogP contribution is 2.28. The third kappa shape index (κ3) is 2.68. The predicted octanol–water partition coefficient (Wildman–Crippen LogP) is 3.03. The normalized spacial score (nSPS) is 20.4. The summed E-state index contributed by atoms with van der Waals surface area (Å²) in [5, 5.41) is 0. The van der Waals surface area contributed by atoms with E-state index in [-0.39, 0.29) is 5.91 Å². The molecule has 2 heteroatoms. The van der Waals surface area contributed by atoms with E-state index in [4.69, 9.17) is 0 Å². The molecule has 1 fully saturated rings. The maximum absolute atomic E-state index is 11.4. The zero-order valence-corrected chi connectivity index (χ0v) is 11.0. The Morgan fingerprint density at radius 2 is 2.06 bits per heavy atom. The summed E-state index contributed by atoms with van der Waals surface area (Å²) < 4.78 is 0. The molecule has 1 amide bonds. The van der Waals surface area contributed by atoms with Crippen LogP contribution in [0.3, 0.4) is 0 Å². The lowest BCUT2D eigenvalue weighted by atomic mass is 9.89. The fourth-order valence-corrected chi connectivity index (χ4v) is 2.55. The van der Waals surface area contributed by atoms with Crippen molar-refractivity contribution in [2.45, 2.75) is 39.5 Å². The number of aryl methyl sites for hydroxylation is 2. The SMILES string of the molecule is CC(=O)N1CCCC(c2ccc(C)c(C)c2)C1. The molecular formula is C15H21NO. The van der Waals surface area contributed by atoms with Gasteiger partial charge in [-0.15, -0.1) is 0 Å². The molecule has 0 saturated carbocycles. The summed E-state index contributed by atoms with van der Waals surface area (Å²) in [5.41, 5.74) is 4.08. The third-order valence-electron chi connectivity index (χ3n) is 3.87. The summed E-state index contributed by atoms with van der Waals surface area (Å²) in [7, 11) is 0. The Balaban J connectivity index is 2.16. The molecule has 92 valence electrons. The van der Waals surface area contributed by atoms with Crippen LogP contribution >= 0.6 is 0 Å². The topological polar surface area (TPSA) is 20.3 Å². The second kappa shape index (κ2) is 4.91. The standard InChI is InChI=1S/C15H21NO/c1-11-6-7-14(9-12(11)2)15-5-4-8-16(10-15)13(3)17/h6-7,9,15H,4-5,8,10H2,1-3H3. The van der Waals surface area contributed by atoms with Crippen molar-refractivity contribution >= 4 is 5.91 Å². The summed E-state index contributed by atoms with van der Waals surface area (Å²) in [5.74, 6) is 0.727. The van der Waals surface area contributed by atoms with Crippen LogP contribution in [0.4, 0.5) is 0 Å². The van der Waals surface area contributed by atoms with E-state index in [0.717, 1.165) is 19.5 Å². The van der Waals surface area contributed by atoms with Crippen LogP contribution in [-0.4, -0.2) is 23.9 Å². The van der Waals surface area contributed by atoms with E-state index < -0.39 is 0 Å². The van der Waals surface area contributed by atoms with Crippen LogP contribution in [0.25, 0.3) is 0 Å². The Morgan fingerprint density at radius 1 is 1.29 bits per heavy atom. The molecule has 17 heavy (non-hydrogen) atoms. The molecule has 2 nitrogen and oxygen atoms in total. The largest absolute Gasteiger partial charge is 0.342 e. The van der Waals surface area contributed by atoms with E-state index in [0.29, 0.717) is 5.92 Å². The van der Waals surface area contributed by atoms with E-state index in [9.17, 15) is 4.79 Å². The van der Waals surface area contributed by atoms with Crippen molar-refractivity contribution in [3.05, 3.63) is 34.9 Å². The van der Waals surface area contributed by atoms with Gasteiger partial charge in [-0.2, -0.15) is 0 Å². The number of hydrogen-bond donors (Lipinski definition) is 0. The second-order valence-corrected chi connectivity index (χ2v) is 5.15. The maximum atomic E-state index is 11.4. The number of likely N-dealkylation sites (tertiary alicyclic amines) is 1. The number of hydrogen-bond acceptors (Lipinski definition) is 1. The number of piperidine rings is 1. The summed E-state index contributed by atoms with van der Waals surface area (Å²) >= 11 is 0. The number of rotatable bonds is 1. The summed E-state index contributed by atoms with van der Waals surface area (Å²) in [4.78, 5) is 13.4. The van der Waals surface area contributed by atoms with Crippen molar-refractivity contribution in [3.8, 4) is 0 Å². The van der Waals surface area contributed by atoms with Gasteiger partial charge in [0.15, 0.2) is 0 Å². The van der Waals surface area contributed by atoms with Gasteiger partial charge < -0.3 is 4.90 Å². The molecule has 1 aliphatic rings. The minimum Gasteiger partial charge on any atom is -0.342 e. The Hall–Kier alpha value is -1.31. The minimum atomic E-state index is 0.207. The molecule has 1 heterocycles. The quantitative estimate of drug-likeness (QED) is 0.727. The lowest BCUT2D eigenvalue weighted by Gasteiger charge is -2.32. The van der Waals surface area contributed by atoms with Gasteiger partial charge in [0.25, 0.3) is 0 Å². The van der Waals surface area contributed by atoms with Crippen molar-refractivity contribution in [2.75, 3.05) is 13.1 Å². The van der Waals surface area contributed by atoms with Crippen molar-refractivity contribution in [1.82, 2.24) is 4.90 Å². The van der Waals surface area contributed by atoms with Crippen molar-refractivity contribution < 1.29 is 4.79 Å². The smallest absolute Gasteiger partial charge is 0.219 e. The monoisotopic (exact) mass is 231 g/mol. The van der Waals surface area contributed by atoms with Crippen molar-refractivity contribution in [2.24, 2.45) is 0 Å². The Labute approximate surface area is 104 Å². The molecule has 1 unspecified atom stereocenters. The van der Waals surface area contributed by atoms with Crippen LogP contribution in [0.2, 0.25) is 0 Å². The summed E-state index contributed by atoms with van der Waals surface area (Å²) in [6.07, 6.45) is 2.32. The van der Waals surface area contributed by atoms with E-state index in [1.807, 2.05) is 4.90 Å². The lowest BCUT2D eigenvalue weighted by molar-refractivity contribution is -0.130. The zero-order chi connectivity index (χ0) is 12.4. The van der Waals surface area contributed by atoms with Crippen LogP contribution in [0, 0.1) is 13.8 Å². The highest BCUT2D eigenvalue weighted by molar-refractivity contribution is 5.73. The highest BCUT2D eigenvalue weighted by atomic mass is 16.2. The molecule has 1 aromatic rings. The molecular weight excluding hydrogens is 210 g/mol. The van der Waals surface area contributed by atoms with Crippen molar-refractivity contribution in [3.63, 3.8) is 0 Å². The number of benzene rings is 1. The first-order valence-corrected chi connectivity index (χ1v) is 6.40. The van der Waals surface area contributed by atoms with Crippen LogP contribution in [0.15, 0.2) is 18.2 Å². The Kier molecular flexibility index (Phi) is 3.51. The van der Waals surface area contributed by atoms with Gasteiger partial charge in [-0.1, -0.05) is 18.2 Å². The first kappa shape index (κ1) is 12.2. The molecule has 0 radical (unpaired) electrons. The Bertz CT molecular complexity index is 425. The first-order valence-electron chi connectivity index (χ1n) is 6.40. The predicted molar refractivity (Wildman–Crippen MR) is 70.1 cm³/mol. The van der Waals surface area contributed by atoms with Gasteiger partial charge in [0.1, 0.15) is 0 Å². The van der Waals surface area contributed by atoms with Gasteiger partial charge in [-0.3, -0.25) is 4.79 Å². The molecule has 1 atom stereocenters. The average molecular weight is 231 g/mol. The Morgan fingerprint density at radius 3 is 2.71 bits per heavy atom. The molecule has 0 aliphatic carbocycles. The maximum Gasteiger partial charge on any atom is 0.219 e. The van der Waals surface area contributed by atoms with Gasteiger partial charge in [-0.25, -0.2) is 0 Å².